The highest BCUT2D eigenvalue weighted by Crippen LogP contribution is 2.40. The van der Waals surface area contributed by atoms with Gasteiger partial charge in [-0.05, 0) is 76.8 Å². The molecule has 6 heteroatoms. The molecule has 1 unspecified atom stereocenters. The molecule has 0 spiro atoms. The summed E-state index contributed by atoms with van der Waals surface area (Å²) < 4.78 is 3.03. The number of fused-ring (bicyclic) bond motifs is 1. The molecular formula is C20H22BrN5. The number of nitrogens with zero attached hydrogens (tertiary/aromatic N) is 5. The molecule has 3 aromatic rings. The first-order valence-electron chi connectivity index (χ1n) is 8.84. The van der Waals surface area contributed by atoms with Crippen molar-refractivity contribution in [1.82, 2.24) is 20.2 Å². The Balaban J connectivity index is 1.92. The molecule has 0 fully saturated rings. The molecule has 0 saturated heterocycles. The number of halogens is 1. The van der Waals surface area contributed by atoms with Crippen LogP contribution >= 0.6 is 15.9 Å². The second-order valence-electron chi connectivity index (χ2n) is 7.62. The summed E-state index contributed by atoms with van der Waals surface area (Å²) in [5.41, 5.74) is 3.61. The van der Waals surface area contributed by atoms with Crippen molar-refractivity contribution < 1.29 is 0 Å². The Bertz CT molecular complexity index is 928. The molecule has 1 aliphatic heterocycles. The van der Waals surface area contributed by atoms with E-state index in [2.05, 4.69) is 99.6 Å². The van der Waals surface area contributed by atoms with Crippen LogP contribution in [0, 0.1) is 0 Å². The fourth-order valence-electron chi connectivity index (χ4n) is 3.63. The lowest BCUT2D eigenvalue weighted by Crippen LogP contribution is -2.39. The van der Waals surface area contributed by atoms with Gasteiger partial charge < -0.3 is 4.90 Å². The van der Waals surface area contributed by atoms with Crippen LogP contribution in [0.1, 0.15) is 43.8 Å². The molecule has 2 aromatic carbocycles. The lowest BCUT2D eigenvalue weighted by Gasteiger charge is -2.39. The van der Waals surface area contributed by atoms with Gasteiger partial charge >= 0.3 is 0 Å². The molecule has 1 aromatic heterocycles. The fraction of sp³-hybridized carbons (Fsp3) is 0.350. The van der Waals surface area contributed by atoms with E-state index >= 15 is 0 Å². The van der Waals surface area contributed by atoms with E-state index in [0.717, 1.165) is 29.0 Å². The first-order chi connectivity index (χ1) is 12.5. The summed E-state index contributed by atoms with van der Waals surface area (Å²) in [5.74, 6) is 0.875. The second kappa shape index (κ2) is 6.50. The van der Waals surface area contributed by atoms with Gasteiger partial charge in [-0.1, -0.05) is 36.4 Å². The predicted molar refractivity (Wildman–Crippen MR) is 106 cm³/mol. The van der Waals surface area contributed by atoms with Gasteiger partial charge in [-0.25, -0.2) is 4.68 Å². The zero-order chi connectivity index (χ0) is 18.3. The van der Waals surface area contributed by atoms with Crippen LogP contribution in [0.5, 0.6) is 0 Å². The molecule has 1 atom stereocenters. The molecule has 5 nitrogen and oxygen atoms in total. The molecule has 0 saturated carbocycles. The minimum Gasteiger partial charge on any atom is -0.356 e. The summed E-state index contributed by atoms with van der Waals surface area (Å²) in [4.78, 5) is 2.40. The quantitative estimate of drug-likeness (QED) is 0.628. The van der Waals surface area contributed by atoms with Gasteiger partial charge in [0.05, 0.1) is 11.2 Å². The third-order valence-corrected chi connectivity index (χ3v) is 5.49. The number of rotatable bonds is 2. The number of tetrazole rings is 1. The van der Waals surface area contributed by atoms with Crippen molar-refractivity contribution in [3.8, 4) is 0 Å². The second-order valence-corrected chi connectivity index (χ2v) is 8.47. The monoisotopic (exact) mass is 411 g/mol. The van der Waals surface area contributed by atoms with Gasteiger partial charge in [-0.3, -0.25) is 0 Å². The third kappa shape index (κ3) is 2.92. The average Bonchev–Trinajstić information content (AvgIpc) is 3.11. The summed E-state index contributed by atoms with van der Waals surface area (Å²) in [6.07, 6.45) is 1.01. The molecular weight excluding hydrogens is 390 g/mol. The van der Waals surface area contributed by atoms with Crippen LogP contribution in [0.4, 0.5) is 5.69 Å². The Kier molecular flexibility index (Phi) is 4.31. The number of hydrogen-bond acceptors (Lipinski definition) is 4. The molecule has 1 aliphatic rings. The summed E-state index contributed by atoms with van der Waals surface area (Å²) in [5, 5.41) is 12.8. The summed E-state index contributed by atoms with van der Waals surface area (Å²) in [7, 11) is 0. The first-order valence-corrected chi connectivity index (χ1v) is 9.64. The van der Waals surface area contributed by atoms with Crippen LogP contribution in [0.25, 0.3) is 0 Å². The summed E-state index contributed by atoms with van der Waals surface area (Å²) >= 11 is 3.72. The SMILES string of the molecule is CC(C)(C)n1nnnc1C1c2ccccc2CCN1c1ccccc1Br. The highest BCUT2D eigenvalue weighted by Gasteiger charge is 2.35. The lowest BCUT2D eigenvalue weighted by molar-refractivity contribution is 0.328. The Hall–Kier alpha value is -2.21. The van der Waals surface area contributed by atoms with E-state index in [-0.39, 0.29) is 11.6 Å². The highest BCUT2D eigenvalue weighted by molar-refractivity contribution is 9.10. The van der Waals surface area contributed by atoms with Gasteiger partial charge in [0.25, 0.3) is 0 Å². The van der Waals surface area contributed by atoms with Gasteiger partial charge in [-0.2, -0.15) is 0 Å². The Morgan fingerprint density at radius 3 is 2.54 bits per heavy atom. The van der Waals surface area contributed by atoms with E-state index in [1.54, 1.807) is 0 Å². The third-order valence-electron chi connectivity index (χ3n) is 4.82. The minimum absolute atomic E-state index is 0.0205. The predicted octanol–water partition coefficient (Wildman–Crippen LogP) is 4.34. The smallest absolute Gasteiger partial charge is 0.178 e. The summed E-state index contributed by atoms with van der Waals surface area (Å²) in [6, 6.07) is 16.9. The van der Waals surface area contributed by atoms with Crippen LogP contribution in [-0.2, 0) is 12.0 Å². The molecule has 2 heterocycles. The molecule has 4 rings (SSSR count). The van der Waals surface area contributed by atoms with Crippen molar-refractivity contribution in [2.45, 2.75) is 38.8 Å². The molecule has 0 N–H and O–H groups in total. The van der Waals surface area contributed by atoms with Crippen LogP contribution in [0.2, 0.25) is 0 Å². The van der Waals surface area contributed by atoms with Gasteiger partial charge in [0, 0.05) is 11.0 Å². The molecule has 0 amide bonds. The van der Waals surface area contributed by atoms with E-state index in [1.165, 1.54) is 11.1 Å². The van der Waals surface area contributed by atoms with Crippen molar-refractivity contribution in [3.63, 3.8) is 0 Å². The van der Waals surface area contributed by atoms with Crippen molar-refractivity contribution in [2.75, 3.05) is 11.4 Å². The Labute approximate surface area is 162 Å². The van der Waals surface area contributed by atoms with Gasteiger partial charge in [-0.15, -0.1) is 5.10 Å². The maximum Gasteiger partial charge on any atom is 0.178 e. The van der Waals surface area contributed by atoms with E-state index in [4.69, 9.17) is 0 Å². The number of anilines is 1. The van der Waals surface area contributed by atoms with Crippen LogP contribution in [0.3, 0.4) is 0 Å². The van der Waals surface area contributed by atoms with E-state index < -0.39 is 0 Å². The number of aromatic nitrogens is 4. The first kappa shape index (κ1) is 17.2. The van der Waals surface area contributed by atoms with Gasteiger partial charge in [0.1, 0.15) is 6.04 Å². The molecule has 26 heavy (non-hydrogen) atoms. The molecule has 0 radical (unpaired) electrons. The van der Waals surface area contributed by atoms with Crippen molar-refractivity contribution in [3.05, 3.63) is 70.0 Å². The van der Waals surface area contributed by atoms with Crippen LogP contribution < -0.4 is 4.90 Å². The largest absolute Gasteiger partial charge is 0.356 e. The normalized spacial score (nSPS) is 17.2. The highest BCUT2D eigenvalue weighted by atomic mass is 79.9. The van der Waals surface area contributed by atoms with Gasteiger partial charge in [0.2, 0.25) is 0 Å². The average molecular weight is 412 g/mol. The van der Waals surface area contributed by atoms with Crippen molar-refractivity contribution in [2.24, 2.45) is 0 Å². The van der Waals surface area contributed by atoms with Crippen LogP contribution in [-0.4, -0.2) is 26.8 Å². The number of benzene rings is 2. The molecule has 134 valence electrons. The van der Waals surface area contributed by atoms with Crippen molar-refractivity contribution >= 4 is 21.6 Å². The zero-order valence-electron chi connectivity index (χ0n) is 15.2. The van der Waals surface area contributed by atoms with Crippen molar-refractivity contribution in [1.29, 1.82) is 0 Å². The van der Waals surface area contributed by atoms with E-state index in [9.17, 15) is 0 Å². The van der Waals surface area contributed by atoms with Gasteiger partial charge in [0.15, 0.2) is 5.82 Å². The minimum atomic E-state index is -0.190. The molecule has 0 bridgehead atoms. The Morgan fingerprint density at radius 2 is 1.77 bits per heavy atom. The lowest BCUT2D eigenvalue weighted by atomic mass is 9.91. The molecule has 0 aliphatic carbocycles. The number of para-hydroxylation sites is 1. The Morgan fingerprint density at radius 1 is 1.04 bits per heavy atom. The topological polar surface area (TPSA) is 46.8 Å². The number of hydrogen-bond donors (Lipinski definition) is 0. The van der Waals surface area contributed by atoms with E-state index in [0.29, 0.717) is 0 Å². The zero-order valence-corrected chi connectivity index (χ0v) is 16.8. The summed E-state index contributed by atoms with van der Waals surface area (Å²) in [6.45, 7) is 7.31. The maximum atomic E-state index is 4.46. The van der Waals surface area contributed by atoms with Crippen LogP contribution in [0.15, 0.2) is 53.0 Å². The fourth-order valence-corrected chi connectivity index (χ4v) is 4.14. The maximum absolute atomic E-state index is 4.46. The standard InChI is InChI=1S/C20H22BrN5/c1-20(2,3)26-19(22-23-24-26)18-15-9-5-4-8-14(15)12-13-25(18)17-11-7-6-10-16(17)21/h4-11,18H,12-13H2,1-3H3. The van der Waals surface area contributed by atoms with E-state index in [1.807, 2.05) is 10.7 Å².